The van der Waals surface area contributed by atoms with Crippen molar-refractivity contribution >= 4 is 5.91 Å². The van der Waals surface area contributed by atoms with Crippen LogP contribution in [-0.2, 0) is 18.4 Å². The molecule has 0 fully saturated rings. The highest BCUT2D eigenvalue weighted by Crippen LogP contribution is 2.06. The maximum Gasteiger partial charge on any atom is 0.242 e. The Kier molecular flexibility index (Phi) is 3.40. The van der Waals surface area contributed by atoms with Gasteiger partial charge in [-0.3, -0.25) is 9.48 Å². The Hall–Kier alpha value is -2.18. The van der Waals surface area contributed by atoms with Gasteiger partial charge in [0.2, 0.25) is 5.91 Å². The second-order valence-electron chi connectivity index (χ2n) is 4.30. The summed E-state index contributed by atoms with van der Waals surface area (Å²) in [5, 5.41) is 14.7. The number of aromatic nitrogens is 5. The van der Waals surface area contributed by atoms with Gasteiger partial charge in [-0.2, -0.15) is 5.10 Å². The van der Waals surface area contributed by atoms with Crippen LogP contribution in [0.5, 0.6) is 0 Å². The number of nitrogens with one attached hydrogen (secondary N) is 1. The molecule has 96 valence electrons. The molecule has 18 heavy (non-hydrogen) atoms. The van der Waals surface area contributed by atoms with Crippen LogP contribution in [0.4, 0.5) is 0 Å². The van der Waals surface area contributed by atoms with Gasteiger partial charge >= 0.3 is 0 Å². The number of rotatable bonds is 4. The predicted octanol–water partition coefficient (Wildman–Crippen LogP) is 0.197. The van der Waals surface area contributed by atoms with Crippen molar-refractivity contribution in [1.82, 2.24) is 29.9 Å². The van der Waals surface area contributed by atoms with Gasteiger partial charge in [-0.1, -0.05) is 0 Å². The van der Waals surface area contributed by atoms with Crippen LogP contribution in [-0.4, -0.2) is 30.5 Å². The first-order valence-electron chi connectivity index (χ1n) is 5.68. The third kappa shape index (κ3) is 2.73. The smallest absolute Gasteiger partial charge is 0.242 e. The summed E-state index contributed by atoms with van der Waals surface area (Å²) < 4.78 is 3.39. The zero-order valence-corrected chi connectivity index (χ0v) is 10.7. The Morgan fingerprint density at radius 2 is 2.33 bits per heavy atom. The third-order valence-corrected chi connectivity index (χ3v) is 2.58. The Morgan fingerprint density at radius 1 is 1.56 bits per heavy atom. The first-order valence-corrected chi connectivity index (χ1v) is 5.68. The van der Waals surface area contributed by atoms with Crippen LogP contribution in [0.25, 0.3) is 0 Å². The van der Waals surface area contributed by atoms with Gasteiger partial charge in [-0.25, -0.2) is 0 Å². The molecular formula is C11H16N6O. The summed E-state index contributed by atoms with van der Waals surface area (Å²) in [4.78, 5) is 11.8. The molecule has 0 aliphatic carbocycles. The number of nitrogens with zero attached hydrogens (tertiary/aromatic N) is 5. The minimum absolute atomic E-state index is 0.103. The molecule has 0 radical (unpaired) electrons. The van der Waals surface area contributed by atoms with Crippen LogP contribution in [0.2, 0.25) is 0 Å². The van der Waals surface area contributed by atoms with Gasteiger partial charge in [0, 0.05) is 13.2 Å². The maximum atomic E-state index is 11.8. The number of amides is 1. The van der Waals surface area contributed by atoms with Crippen LogP contribution in [0.3, 0.4) is 0 Å². The predicted molar refractivity (Wildman–Crippen MR) is 64.5 cm³/mol. The van der Waals surface area contributed by atoms with Gasteiger partial charge in [0.25, 0.3) is 0 Å². The molecule has 2 aromatic rings. The molecule has 1 atom stereocenters. The molecule has 0 aliphatic heterocycles. The zero-order valence-electron chi connectivity index (χ0n) is 10.7. The molecule has 0 saturated carbocycles. The second-order valence-corrected chi connectivity index (χ2v) is 4.30. The van der Waals surface area contributed by atoms with E-state index in [0.717, 1.165) is 11.4 Å². The monoisotopic (exact) mass is 248 g/mol. The van der Waals surface area contributed by atoms with E-state index in [9.17, 15) is 4.79 Å². The fraction of sp³-hybridized carbons (Fsp3) is 0.455. The van der Waals surface area contributed by atoms with Gasteiger partial charge in [0.15, 0.2) is 5.82 Å². The Balaban J connectivity index is 1.93. The minimum atomic E-state index is -0.179. The Bertz CT molecular complexity index is 543. The van der Waals surface area contributed by atoms with Crippen LogP contribution >= 0.6 is 0 Å². The number of hydrogen-bond donors (Lipinski definition) is 1. The standard InChI is InChI=1S/C11H16N6O/c1-8-4-13-17(5-8)6-10(18)14-9(2)11-15-12-7-16(11)3/h4-5,7,9H,6H2,1-3H3,(H,14,18). The van der Waals surface area contributed by atoms with E-state index in [4.69, 9.17) is 0 Å². The molecule has 2 rings (SSSR count). The summed E-state index contributed by atoms with van der Waals surface area (Å²) in [5.41, 5.74) is 1.03. The van der Waals surface area contributed by atoms with Crippen molar-refractivity contribution in [2.75, 3.05) is 0 Å². The van der Waals surface area contributed by atoms with E-state index in [0.29, 0.717) is 0 Å². The van der Waals surface area contributed by atoms with Crippen molar-refractivity contribution in [3.63, 3.8) is 0 Å². The average Bonchev–Trinajstić information content (AvgIpc) is 2.87. The van der Waals surface area contributed by atoms with E-state index in [1.165, 1.54) is 0 Å². The largest absolute Gasteiger partial charge is 0.345 e. The molecule has 0 aliphatic rings. The van der Waals surface area contributed by atoms with E-state index in [-0.39, 0.29) is 18.5 Å². The molecule has 0 saturated heterocycles. The molecule has 7 nitrogen and oxygen atoms in total. The van der Waals surface area contributed by atoms with Crippen molar-refractivity contribution in [3.05, 3.63) is 30.1 Å². The van der Waals surface area contributed by atoms with E-state index in [1.54, 1.807) is 21.8 Å². The van der Waals surface area contributed by atoms with E-state index in [2.05, 4.69) is 20.6 Å². The van der Waals surface area contributed by atoms with Crippen molar-refractivity contribution < 1.29 is 4.79 Å². The number of carbonyl (C=O) groups is 1. The molecular weight excluding hydrogens is 232 g/mol. The SMILES string of the molecule is Cc1cnn(CC(=O)NC(C)c2nncn2C)c1. The molecule has 7 heteroatoms. The Labute approximate surface area is 105 Å². The van der Waals surface area contributed by atoms with Crippen molar-refractivity contribution in [2.24, 2.45) is 7.05 Å². The average molecular weight is 248 g/mol. The number of hydrogen-bond acceptors (Lipinski definition) is 4. The van der Waals surface area contributed by atoms with Gasteiger partial charge in [0.1, 0.15) is 12.9 Å². The van der Waals surface area contributed by atoms with Gasteiger partial charge < -0.3 is 9.88 Å². The molecule has 1 amide bonds. The summed E-state index contributed by atoms with van der Waals surface area (Å²) in [6.07, 6.45) is 5.15. The maximum absolute atomic E-state index is 11.8. The highest BCUT2D eigenvalue weighted by Gasteiger charge is 2.14. The lowest BCUT2D eigenvalue weighted by Gasteiger charge is -2.12. The summed E-state index contributed by atoms with van der Waals surface area (Å²) in [6, 6.07) is -0.179. The first-order chi connectivity index (χ1) is 8.56. The molecule has 1 unspecified atom stereocenters. The van der Waals surface area contributed by atoms with Crippen LogP contribution in [0, 0.1) is 6.92 Å². The zero-order chi connectivity index (χ0) is 13.1. The van der Waals surface area contributed by atoms with E-state index < -0.39 is 0 Å². The topological polar surface area (TPSA) is 77.6 Å². The number of aryl methyl sites for hydroxylation is 2. The molecule has 1 N–H and O–H groups in total. The summed E-state index contributed by atoms with van der Waals surface area (Å²) in [5.74, 6) is 0.619. The molecule has 2 aromatic heterocycles. The summed E-state index contributed by atoms with van der Waals surface area (Å²) in [7, 11) is 1.84. The molecule has 0 spiro atoms. The first kappa shape index (κ1) is 12.3. The van der Waals surface area contributed by atoms with Crippen LogP contribution in [0.1, 0.15) is 24.4 Å². The third-order valence-electron chi connectivity index (χ3n) is 2.58. The fourth-order valence-corrected chi connectivity index (χ4v) is 1.74. The van der Waals surface area contributed by atoms with E-state index in [1.807, 2.05) is 27.1 Å². The number of carbonyl (C=O) groups excluding carboxylic acids is 1. The second kappa shape index (κ2) is 4.99. The van der Waals surface area contributed by atoms with Crippen molar-refractivity contribution in [3.8, 4) is 0 Å². The van der Waals surface area contributed by atoms with Crippen LogP contribution in [0.15, 0.2) is 18.7 Å². The fourth-order valence-electron chi connectivity index (χ4n) is 1.74. The lowest BCUT2D eigenvalue weighted by Crippen LogP contribution is -2.31. The van der Waals surface area contributed by atoms with Crippen molar-refractivity contribution in [2.45, 2.75) is 26.4 Å². The lowest BCUT2D eigenvalue weighted by molar-refractivity contribution is -0.122. The minimum Gasteiger partial charge on any atom is -0.345 e. The summed E-state index contributed by atoms with van der Waals surface area (Å²) in [6.45, 7) is 4.01. The molecule has 0 bridgehead atoms. The normalized spacial score (nSPS) is 12.4. The molecule has 0 aromatic carbocycles. The molecule has 2 heterocycles. The quantitative estimate of drug-likeness (QED) is 0.838. The lowest BCUT2D eigenvalue weighted by atomic mass is 10.3. The highest BCUT2D eigenvalue weighted by atomic mass is 16.2. The van der Waals surface area contributed by atoms with E-state index >= 15 is 0 Å². The highest BCUT2D eigenvalue weighted by molar-refractivity contribution is 5.75. The summed E-state index contributed by atoms with van der Waals surface area (Å²) >= 11 is 0. The van der Waals surface area contributed by atoms with Gasteiger partial charge in [-0.05, 0) is 19.4 Å². The van der Waals surface area contributed by atoms with Gasteiger partial charge in [0.05, 0.1) is 12.2 Å². The van der Waals surface area contributed by atoms with Crippen LogP contribution < -0.4 is 5.32 Å². The van der Waals surface area contributed by atoms with Crippen molar-refractivity contribution in [1.29, 1.82) is 0 Å². The van der Waals surface area contributed by atoms with Gasteiger partial charge in [-0.15, -0.1) is 10.2 Å². The Morgan fingerprint density at radius 3 is 2.89 bits per heavy atom.